The van der Waals surface area contributed by atoms with Crippen molar-refractivity contribution >= 4 is 9.84 Å². The molecule has 1 saturated carbocycles. The molecule has 1 saturated heterocycles. The van der Waals surface area contributed by atoms with E-state index in [-0.39, 0.29) is 17.0 Å². The summed E-state index contributed by atoms with van der Waals surface area (Å²) >= 11 is 0. The van der Waals surface area contributed by atoms with E-state index in [1.165, 1.54) is 6.42 Å². The third-order valence-electron chi connectivity index (χ3n) is 6.20. The predicted molar refractivity (Wildman–Crippen MR) is 108 cm³/mol. The van der Waals surface area contributed by atoms with Crippen LogP contribution < -0.4 is 0 Å². The lowest BCUT2D eigenvalue weighted by Gasteiger charge is -2.35. The zero-order chi connectivity index (χ0) is 20.0. The summed E-state index contributed by atoms with van der Waals surface area (Å²) in [5, 5.41) is 9.34. The van der Waals surface area contributed by atoms with Gasteiger partial charge in [-0.15, -0.1) is 0 Å². The quantitative estimate of drug-likeness (QED) is 0.593. The molecule has 3 rings (SSSR count). The molecule has 28 heavy (non-hydrogen) atoms. The summed E-state index contributed by atoms with van der Waals surface area (Å²) in [5.74, 6) is 0. The van der Waals surface area contributed by atoms with Gasteiger partial charge in [-0.05, 0) is 45.1 Å². The van der Waals surface area contributed by atoms with Gasteiger partial charge in [0.05, 0.1) is 17.1 Å². The van der Waals surface area contributed by atoms with Crippen LogP contribution in [0.15, 0.2) is 11.4 Å². The number of ether oxygens (including phenoxy) is 1. The van der Waals surface area contributed by atoms with Crippen LogP contribution in [0.5, 0.6) is 0 Å². The van der Waals surface area contributed by atoms with Crippen LogP contribution in [0.3, 0.4) is 0 Å². The van der Waals surface area contributed by atoms with E-state index in [9.17, 15) is 13.5 Å². The Morgan fingerprint density at radius 2 is 1.96 bits per heavy atom. The molecule has 2 fully saturated rings. The number of imidazole rings is 1. The van der Waals surface area contributed by atoms with Gasteiger partial charge >= 0.3 is 0 Å². The van der Waals surface area contributed by atoms with E-state index in [1.807, 2.05) is 4.57 Å². The number of likely N-dealkylation sites (tertiary alicyclic amines) is 1. The number of rotatable bonds is 10. The molecule has 1 unspecified atom stereocenters. The maximum Gasteiger partial charge on any atom is 0.228 e. The Bertz CT molecular complexity index is 711. The van der Waals surface area contributed by atoms with E-state index >= 15 is 0 Å². The normalized spacial score (nSPS) is 22.1. The highest BCUT2D eigenvalue weighted by atomic mass is 32.2. The highest BCUT2D eigenvalue weighted by molar-refractivity contribution is 7.91. The number of aromatic nitrogens is 2. The van der Waals surface area contributed by atoms with E-state index in [4.69, 9.17) is 4.74 Å². The Hall–Kier alpha value is -0.960. The monoisotopic (exact) mass is 413 g/mol. The number of aliphatic hydroxyl groups is 1. The van der Waals surface area contributed by atoms with Gasteiger partial charge in [-0.1, -0.05) is 19.3 Å². The number of piperidine rings is 1. The van der Waals surface area contributed by atoms with Crippen LogP contribution in [0.4, 0.5) is 0 Å². The SMILES string of the molecule is COCCCn1c(CN2CCCCC2CCO)cnc1S(=O)(=O)C1CCCC1. The minimum absolute atomic E-state index is 0.190. The third kappa shape index (κ3) is 4.96. The molecule has 0 amide bonds. The van der Waals surface area contributed by atoms with Gasteiger partial charge in [-0.2, -0.15) is 0 Å². The van der Waals surface area contributed by atoms with Crippen molar-refractivity contribution in [2.24, 2.45) is 0 Å². The second kappa shape index (κ2) is 10.2. The summed E-state index contributed by atoms with van der Waals surface area (Å²) < 4.78 is 33.5. The fourth-order valence-corrected chi connectivity index (χ4v) is 6.62. The molecule has 0 radical (unpaired) electrons. The maximum atomic E-state index is 13.2. The van der Waals surface area contributed by atoms with Crippen molar-refractivity contribution in [3.05, 3.63) is 11.9 Å². The number of nitrogens with zero attached hydrogens (tertiary/aromatic N) is 3. The standard InChI is InChI=1S/C20H35N3O4S/c1-27-14-6-12-23-18(16-22-11-5-4-7-17(22)10-13-24)15-21-20(23)28(25,26)19-8-2-3-9-19/h15,17,19,24H,2-14,16H2,1H3. The number of methoxy groups -OCH3 is 1. The van der Waals surface area contributed by atoms with Crippen molar-refractivity contribution in [2.45, 2.75) is 87.3 Å². The van der Waals surface area contributed by atoms with Crippen molar-refractivity contribution in [2.75, 3.05) is 26.9 Å². The summed E-state index contributed by atoms with van der Waals surface area (Å²) in [4.78, 5) is 6.79. The van der Waals surface area contributed by atoms with Crippen LogP contribution in [0, 0.1) is 0 Å². The summed E-state index contributed by atoms with van der Waals surface area (Å²) in [6.07, 6.45) is 10.2. The molecule has 160 valence electrons. The zero-order valence-electron chi connectivity index (χ0n) is 17.1. The fraction of sp³-hybridized carbons (Fsp3) is 0.850. The summed E-state index contributed by atoms with van der Waals surface area (Å²) in [7, 11) is -1.73. The number of sulfone groups is 1. The molecule has 0 spiro atoms. The minimum atomic E-state index is -3.40. The lowest BCUT2D eigenvalue weighted by Crippen LogP contribution is -2.40. The largest absolute Gasteiger partial charge is 0.396 e. The molecule has 1 aromatic rings. The maximum absolute atomic E-state index is 13.2. The highest BCUT2D eigenvalue weighted by Crippen LogP contribution is 2.30. The number of hydrogen-bond acceptors (Lipinski definition) is 6. The lowest BCUT2D eigenvalue weighted by molar-refractivity contribution is 0.109. The van der Waals surface area contributed by atoms with Crippen LogP contribution in [-0.4, -0.2) is 66.1 Å². The average molecular weight is 414 g/mol. The molecular weight excluding hydrogens is 378 g/mol. The van der Waals surface area contributed by atoms with Gasteiger partial charge in [0.2, 0.25) is 15.0 Å². The van der Waals surface area contributed by atoms with E-state index in [2.05, 4.69) is 9.88 Å². The highest BCUT2D eigenvalue weighted by Gasteiger charge is 2.35. The average Bonchev–Trinajstić information content (AvgIpc) is 3.35. The summed E-state index contributed by atoms with van der Waals surface area (Å²) in [6.45, 7) is 3.05. The Morgan fingerprint density at radius 1 is 1.21 bits per heavy atom. The van der Waals surface area contributed by atoms with Gasteiger partial charge in [0.15, 0.2) is 0 Å². The van der Waals surface area contributed by atoms with Crippen molar-refractivity contribution in [1.82, 2.24) is 14.5 Å². The predicted octanol–water partition coefficient (Wildman–Crippen LogP) is 2.37. The molecular formula is C20H35N3O4S. The molecule has 2 heterocycles. The molecule has 8 heteroatoms. The van der Waals surface area contributed by atoms with Crippen LogP contribution >= 0.6 is 0 Å². The van der Waals surface area contributed by atoms with Crippen molar-refractivity contribution in [3.63, 3.8) is 0 Å². The first-order valence-corrected chi connectivity index (χ1v) is 12.2. The third-order valence-corrected chi connectivity index (χ3v) is 8.39. The van der Waals surface area contributed by atoms with Crippen LogP contribution in [-0.2, 0) is 27.7 Å². The topological polar surface area (TPSA) is 84.7 Å². The fourth-order valence-electron chi connectivity index (χ4n) is 4.65. The van der Waals surface area contributed by atoms with E-state index in [0.717, 1.165) is 63.6 Å². The second-order valence-corrected chi connectivity index (χ2v) is 10.2. The van der Waals surface area contributed by atoms with Crippen molar-refractivity contribution in [1.29, 1.82) is 0 Å². The first-order valence-electron chi connectivity index (χ1n) is 10.7. The van der Waals surface area contributed by atoms with Gasteiger partial charge in [0, 0.05) is 39.5 Å². The first kappa shape index (κ1) is 21.7. The Labute approximate surface area is 169 Å². The lowest BCUT2D eigenvalue weighted by atomic mass is 9.99. The summed E-state index contributed by atoms with van der Waals surface area (Å²) in [5.41, 5.74) is 0.956. The van der Waals surface area contributed by atoms with Gasteiger partial charge < -0.3 is 14.4 Å². The molecule has 1 atom stereocenters. The molecule has 0 aromatic carbocycles. The van der Waals surface area contributed by atoms with Crippen LogP contribution in [0.1, 0.15) is 63.5 Å². The molecule has 7 nitrogen and oxygen atoms in total. The van der Waals surface area contributed by atoms with Gasteiger partial charge in [0.25, 0.3) is 0 Å². The molecule has 1 N–H and O–H groups in total. The van der Waals surface area contributed by atoms with Crippen LogP contribution in [0.2, 0.25) is 0 Å². The molecule has 1 aliphatic carbocycles. The number of aliphatic hydroxyl groups excluding tert-OH is 1. The van der Waals surface area contributed by atoms with Gasteiger partial charge in [-0.25, -0.2) is 13.4 Å². The molecule has 1 aliphatic heterocycles. The van der Waals surface area contributed by atoms with E-state index in [0.29, 0.717) is 25.7 Å². The summed E-state index contributed by atoms with van der Waals surface area (Å²) in [6, 6.07) is 0.357. The zero-order valence-corrected chi connectivity index (χ0v) is 17.9. The smallest absolute Gasteiger partial charge is 0.228 e. The molecule has 2 aliphatic rings. The number of hydrogen-bond donors (Lipinski definition) is 1. The van der Waals surface area contributed by atoms with Crippen molar-refractivity contribution < 1.29 is 18.3 Å². The van der Waals surface area contributed by atoms with Crippen LogP contribution in [0.25, 0.3) is 0 Å². The molecule has 0 bridgehead atoms. The van der Waals surface area contributed by atoms with Gasteiger partial charge in [-0.3, -0.25) is 4.90 Å². The Morgan fingerprint density at radius 3 is 2.68 bits per heavy atom. The Kier molecular flexibility index (Phi) is 7.91. The van der Waals surface area contributed by atoms with Crippen molar-refractivity contribution in [3.8, 4) is 0 Å². The van der Waals surface area contributed by atoms with E-state index < -0.39 is 9.84 Å². The van der Waals surface area contributed by atoms with Gasteiger partial charge in [0.1, 0.15) is 0 Å². The minimum Gasteiger partial charge on any atom is -0.396 e. The van der Waals surface area contributed by atoms with E-state index in [1.54, 1.807) is 13.3 Å². The first-order chi connectivity index (χ1) is 13.6. The Balaban J connectivity index is 1.84. The second-order valence-electron chi connectivity index (χ2n) is 8.11. The molecule has 1 aromatic heterocycles.